The van der Waals surface area contributed by atoms with E-state index < -0.39 is 9.84 Å². The lowest BCUT2D eigenvalue weighted by Gasteiger charge is -2.08. The first-order chi connectivity index (χ1) is 7.02. The third kappa shape index (κ3) is 2.58. The summed E-state index contributed by atoms with van der Waals surface area (Å²) in [5, 5.41) is 0. The molecule has 1 aliphatic carbocycles. The minimum atomic E-state index is -3.13. The van der Waals surface area contributed by atoms with Crippen molar-refractivity contribution >= 4 is 9.84 Å². The summed E-state index contributed by atoms with van der Waals surface area (Å²) in [6.07, 6.45) is 2.48. The topological polar surface area (TPSA) is 60.2 Å². The van der Waals surface area contributed by atoms with Gasteiger partial charge in [-0.05, 0) is 31.4 Å². The summed E-state index contributed by atoms with van der Waals surface area (Å²) < 4.78 is 23.7. The van der Waals surface area contributed by atoms with E-state index in [4.69, 9.17) is 5.73 Å². The van der Waals surface area contributed by atoms with Crippen molar-refractivity contribution < 1.29 is 8.42 Å². The molecule has 0 radical (unpaired) electrons. The van der Waals surface area contributed by atoms with Crippen LogP contribution in [0.2, 0.25) is 0 Å². The highest BCUT2D eigenvalue weighted by Gasteiger charge is 2.38. The third-order valence-electron chi connectivity index (χ3n) is 2.86. The summed E-state index contributed by atoms with van der Waals surface area (Å²) >= 11 is 0. The molecule has 3 nitrogen and oxygen atoms in total. The van der Waals surface area contributed by atoms with Crippen LogP contribution in [-0.4, -0.2) is 19.7 Å². The maximum absolute atomic E-state index is 11.9. The molecule has 4 heteroatoms. The van der Waals surface area contributed by atoms with Gasteiger partial charge in [0.1, 0.15) is 0 Å². The number of hydrogen-bond donors (Lipinski definition) is 1. The van der Waals surface area contributed by atoms with Crippen LogP contribution in [0.15, 0.2) is 35.2 Å². The SMILES string of the molecule is NC1(CCS(=O)(=O)c2ccccc2)CC1. The second-order valence-electron chi connectivity index (χ2n) is 4.24. The molecule has 0 atom stereocenters. The van der Waals surface area contributed by atoms with E-state index in [9.17, 15) is 8.42 Å². The van der Waals surface area contributed by atoms with E-state index in [1.807, 2.05) is 6.07 Å². The quantitative estimate of drug-likeness (QED) is 0.841. The van der Waals surface area contributed by atoms with E-state index in [-0.39, 0.29) is 11.3 Å². The van der Waals surface area contributed by atoms with Crippen molar-refractivity contribution in [1.82, 2.24) is 0 Å². The molecule has 0 amide bonds. The highest BCUT2D eigenvalue weighted by atomic mass is 32.2. The summed E-state index contributed by atoms with van der Waals surface area (Å²) in [6, 6.07) is 8.55. The predicted octanol–water partition coefficient (Wildman–Crippen LogP) is 1.34. The first-order valence-corrected chi connectivity index (χ1v) is 6.74. The Morgan fingerprint density at radius 3 is 2.33 bits per heavy atom. The first kappa shape index (κ1) is 10.6. The highest BCUT2D eigenvalue weighted by molar-refractivity contribution is 7.91. The molecule has 1 aliphatic rings. The first-order valence-electron chi connectivity index (χ1n) is 5.09. The average Bonchev–Trinajstić information content (AvgIpc) is 2.96. The third-order valence-corrected chi connectivity index (χ3v) is 4.60. The monoisotopic (exact) mass is 225 g/mol. The largest absolute Gasteiger partial charge is 0.325 e. The molecule has 1 saturated carbocycles. The van der Waals surface area contributed by atoms with Gasteiger partial charge in [-0.3, -0.25) is 0 Å². The smallest absolute Gasteiger partial charge is 0.178 e. The Labute approximate surface area is 90.2 Å². The van der Waals surface area contributed by atoms with Crippen molar-refractivity contribution in [2.24, 2.45) is 5.73 Å². The normalized spacial score (nSPS) is 18.7. The molecular formula is C11H15NO2S. The van der Waals surface area contributed by atoms with E-state index in [2.05, 4.69) is 0 Å². The van der Waals surface area contributed by atoms with E-state index in [0.717, 1.165) is 12.8 Å². The van der Waals surface area contributed by atoms with Crippen LogP contribution in [-0.2, 0) is 9.84 Å². The summed E-state index contributed by atoms with van der Waals surface area (Å²) in [4.78, 5) is 0.397. The van der Waals surface area contributed by atoms with Crippen molar-refractivity contribution in [2.45, 2.75) is 29.7 Å². The Kier molecular flexibility index (Phi) is 2.56. The van der Waals surface area contributed by atoms with Crippen LogP contribution in [0.5, 0.6) is 0 Å². The standard InChI is InChI=1S/C11H15NO2S/c12-11(6-7-11)8-9-15(13,14)10-4-2-1-3-5-10/h1-5H,6-9,12H2. The van der Waals surface area contributed by atoms with Crippen LogP contribution in [0.25, 0.3) is 0 Å². The van der Waals surface area contributed by atoms with Crippen LogP contribution in [0.3, 0.4) is 0 Å². The summed E-state index contributed by atoms with van der Waals surface area (Å²) in [5.41, 5.74) is 5.67. The predicted molar refractivity (Wildman–Crippen MR) is 59.3 cm³/mol. The van der Waals surface area contributed by atoms with Gasteiger partial charge in [-0.2, -0.15) is 0 Å². The molecule has 1 fully saturated rings. The Balaban J connectivity index is 2.07. The molecule has 2 N–H and O–H groups in total. The number of sulfone groups is 1. The van der Waals surface area contributed by atoms with Gasteiger partial charge in [0.2, 0.25) is 0 Å². The Bertz CT molecular complexity index is 435. The molecule has 0 bridgehead atoms. The van der Waals surface area contributed by atoms with Crippen LogP contribution in [0.4, 0.5) is 0 Å². The van der Waals surface area contributed by atoms with E-state index in [0.29, 0.717) is 11.3 Å². The Hall–Kier alpha value is -0.870. The molecule has 0 spiro atoms. The molecule has 2 rings (SSSR count). The van der Waals surface area contributed by atoms with Crippen LogP contribution in [0, 0.1) is 0 Å². The number of rotatable bonds is 4. The van der Waals surface area contributed by atoms with Crippen LogP contribution in [0.1, 0.15) is 19.3 Å². The molecule has 1 aromatic rings. The highest BCUT2D eigenvalue weighted by Crippen LogP contribution is 2.36. The van der Waals surface area contributed by atoms with Crippen LogP contribution < -0.4 is 5.73 Å². The van der Waals surface area contributed by atoms with Gasteiger partial charge in [-0.25, -0.2) is 8.42 Å². The maximum atomic E-state index is 11.9. The van der Waals surface area contributed by atoms with Crippen molar-refractivity contribution in [3.8, 4) is 0 Å². The van der Waals surface area contributed by atoms with Crippen LogP contribution >= 0.6 is 0 Å². The number of benzene rings is 1. The van der Waals surface area contributed by atoms with Gasteiger partial charge in [-0.15, -0.1) is 0 Å². The van der Waals surface area contributed by atoms with E-state index >= 15 is 0 Å². The molecule has 1 aromatic carbocycles. The Morgan fingerprint density at radius 2 is 1.80 bits per heavy atom. The van der Waals surface area contributed by atoms with Crippen molar-refractivity contribution in [3.05, 3.63) is 30.3 Å². The maximum Gasteiger partial charge on any atom is 0.178 e. The van der Waals surface area contributed by atoms with Gasteiger partial charge < -0.3 is 5.73 Å². The molecule has 0 aromatic heterocycles. The fourth-order valence-corrected chi connectivity index (χ4v) is 2.98. The van der Waals surface area contributed by atoms with Crippen molar-refractivity contribution in [1.29, 1.82) is 0 Å². The molecule has 0 aliphatic heterocycles. The summed E-state index contributed by atoms with van der Waals surface area (Å²) in [6.45, 7) is 0. The zero-order valence-electron chi connectivity index (χ0n) is 8.52. The minimum absolute atomic E-state index is 0.160. The number of nitrogens with two attached hydrogens (primary N) is 1. The Morgan fingerprint density at radius 1 is 1.20 bits per heavy atom. The van der Waals surface area contributed by atoms with E-state index in [1.54, 1.807) is 24.3 Å². The molecule has 0 saturated heterocycles. The summed E-state index contributed by atoms with van der Waals surface area (Å²) in [7, 11) is -3.13. The van der Waals surface area contributed by atoms with Crippen molar-refractivity contribution in [3.63, 3.8) is 0 Å². The van der Waals surface area contributed by atoms with Gasteiger partial charge in [-0.1, -0.05) is 18.2 Å². The molecule has 0 unspecified atom stereocenters. The molecule has 0 heterocycles. The minimum Gasteiger partial charge on any atom is -0.325 e. The average molecular weight is 225 g/mol. The van der Waals surface area contributed by atoms with Gasteiger partial charge in [0.25, 0.3) is 0 Å². The zero-order valence-corrected chi connectivity index (χ0v) is 9.33. The number of hydrogen-bond acceptors (Lipinski definition) is 3. The summed E-state index contributed by atoms with van der Waals surface area (Å²) in [5.74, 6) is 0.160. The van der Waals surface area contributed by atoms with E-state index in [1.165, 1.54) is 0 Å². The fraction of sp³-hybridized carbons (Fsp3) is 0.455. The lowest BCUT2D eigenvalue weighted by molar-refractivity contribution is 0.579. The van der Waals surface area contributed by atoms with Gasteiger partial charge in [0.05, 0.1) is 10.6 Å². The molecule has 15 heavy (non-hydrogen) atoms. The van der Waals surface area contributed by atoms with Gasteiger partial charge in [0.15, 0.2) is 9.84 Å². The lowest BCUT2D eigenvalue weighted by Crippen LogP contribution is -2.25. The van der Waals surface area contributed by atoms with Crippen molar-refractivity contribution in [2.75, 3.05) is 5.75 Å². The molecule has 82 valence electrons. The second kappa shape index (κ2) is 3.61. The van der Waals surface area contributed by atoms with Gasteiger partial charge in [0, 0.05) is 5.54 Å². The van der Waals surface area contributed by atoms with Gasteiger partial charge >= 0.3 is 0 Å². The molecular weight excluding hydrogens is 210 g/mol. The zero-order chi connectivity index (χ0) is 10.9. The second-order valence-corrected chi connectivity index (χ2v) is 6.35. The lowest BCUT2D eigenvalue weighted by atomic mass is 10.2. The fourth-order valence-electron chi connectivity index (χ4n) is 1.49.